The molecule has 1 rings (SSSR count). The van der Waals surface area contributed by atoms with E-state index in [4.69, 9.17) is 11.6 Å². The van der Waals surface area contributed by atoms with E-state index >= 15 is 0 Å². The molecule has 1 N–H and O–H groups in total. The van der Waals surface area contributed by atoms with Crippen LogP contribution in [-0.4, -0.2) is 37.5 Å². The molecule has 1 aromatic rings. The van der Waals surface area contributed by atoms with E-state index in [1.165, 1.54) is 0 Å². The molecule has 0 heterocycles. The monoisotopic (exact) mass is 374 g/mol. The Bertz CT molecular complexity index is 475. The SMILES string of the molecule is CCC(CC)C(CNC(=O)c1ccc(Br)c(Cl)c1)N(C)C. The number of carbonyl (C=O) groups is 1. The summed E-state index contributed by atoms with van der Waals surface area (Å²) in [5, 5.41) is 3.57. The number of rotatable bonds is 7. The maximum Gasteiger partial charge on any atom is 0.251 e. The molecule has 0 aliphatic heterocycles. The molecule has 0 aromatic heterocycles. The Kier molecular flexibility index (Phi) is 7.71. The summed E-state index contributed by atoms with van der Waals surface area (Å²) in [6.45, 7) is 5.04. The first-order chi connectivity index (χ1) is 9.90. The molecule has 1 aromatic carbocycles. The Morgan fingerprint density at radius 3 is 2.43 bits per heavy atom. The highest BCUT2D eigenvalue weighted by molar-refractivity contribution is 9.10. The Labute approximate surface area is 141 Å². The summed E-state index contributed by atoms with van der Waals surface area (Å²) in [6, 6.07) is 5.59. The van der Waals surface area contributed by atoms with Gasteiger partial charge in [-0.05, 0) is 54.1 Å². The fraction of sp³-hybridized carbons (Fsp3) is 0.562. The summed E-state index contributed by atoms with van der Waals surface area (Å²) >= 11 is 9.36. The van der Waals surface area contributed by atoms with Crippen LogP contribution in [0.1, 0.15) is 37.0 Å². The van der Waals surface area contributed by atoms with E-state index in [2.05, 4.69) is 54.1 Å². The van der Waals surface area contributed by atoms with E-state index in [0.717, 1.165) is 17.3 Å². The minimum atomic E-state index is -0.0813. The first-order valence-corrected chi connectivity index (χ1v) is 8.47. The van der Waals surface area contributed by atoms with Crippen LogP contribution in [0.2, 0.25) is 5.02 Å². The van der Waals surface area contributed by atoms with Crippen molar-refractivity contribution in [2.24, 2.45) is 5.92 Å². The molecule has 1 unspecified atom stereocenters. The van der Waals surface area contributed by atoms with Crippen molar-refractivity contribution in [2.45, 2.75) is 32.7 Å². The minimum Gasteiger partial charge on any atom is -0.350 e. The van der Waals surface area contributed by atoms with Gasteiger partial charge in [-0.2, -0.15) is 0 Å². The zero-order valence-electron chi connectivity index (χ0n) is 13.1. The van der Waals surface area contributed by atoms with Gasteiger partial charge in [-0.3, -0.25) is 4.79 Å². The van der Waals surface area contributed by atoms with Crippen molar-refractivity contribution in [3.8, 4) is 0 Å². The van der Waals surface area contributed by atoms with E-state index in [1.807, 2.05) is 0 Å². The van der Waals surface area contributed by atoms with Crippen LogP contribution >= 0.6 is 27.5 Å². The summed E-state index contributed by atoms with van der Waals surface area (Å²) in [7, 11) is 4.12. The molecule has 0 saturated heterocycles. The normalized spacial score (nSPS) is 12.8. The number of hydrogen-bond acceptors (Lipinski definition) is 2. The lowest BCUT2D eigenvalue weighted by Crippen LogP contribution is -2.44. The molecule has 3 nitrogen and oxygen atoms in total. The summed E-state index contributed by atoms with van der Waals surface area (Å²) in [4.78, 5) is 14.4. The minimum absolute atomic E-state index is 0.0813. The molecule has 1 atom stereocenters. The number of nitrogens with zero attached hydrogens (tertiary/aromatic N) is 1. The van der Waals surface area contributed by atoms with Crippen LogP contribution in [0.15, 0.2) is 22.7 Å². The highest BCUT2D eigenvalue weighted by atomic mass is 79.9. The maximum atomic E-state index is 12.2. The van der Waals surface area contributed by atoms with Crippen LogP contribution in [-0.2, 0) is 0 Å². The van der Waals surface area contributed by atoms with E-state index in [9.17, 15) is 4.79 Å². The van der Waals surface area contributed by atoms with E-state index < -0.39 is 0 Å². The maximum absolute atomic E-state index is 12.2. The summed E-state index contributed by atoms with van der Waals surface area (Å²) in [5.74, 6) is 0.496. The second kappa shape index (κ2) is 8.76. The van der Waals surface area contributed by atoms with Gasteiger partial charge >= 0.3 is 0 Å². The van der Waals surface area contributed by atoms with Crippen molar-refractivity contribution in [3.05, 3.63) is 33.3 Å². The van der Waals surface area contributed by atoms with Gasteiger partial charge in [0.1, 0.15) is 0 Å². The summed E-state index contributed by atoms with van der Waals surface area (Å²) < 4.78 is 0.795. The van der Waals surface area contributed by atoms with Gasteiger partial charge in [0.15, 0.2) is 0 Å². The first-order valence-electron chi connectivity index (χ1n) is 7.30. The van der Waals surface area contributed by atoms with E-state index in [-0.39, 0.29) is 5.91 Å². The lowest BCUT2D eigenvalue weighted by Gasteiger charge is -2.31. The predicted octanol–water partition coefficient (Wildman–Crippen LogP) is 4.20. The third kappa shape index (κ3) is 5.28. The molecule has 0 bridgehead atoms. The van der Waals surface area contributed by atoms with Gasteiger partial charge in [-0.1, -0.05) is 38.3 Å². The standard InChI is InChI=1S/C16H24BrClN2O/c1-5-11(6-2)15(20(3)4)10-19-16(21)12-7-8-13(17)14(18)9-12/h7-9,11,15H,5-6,10H2,1-4H3,(H,19,21). The summed E-state index contributed by atoms with van der Waals surface area (Å²) in [6.07, 6.45) is 2.22. The van der Waals surface area contributed by atoms with Crippen LogP contribution in [0.25, 0.3) is 0 Å². The lowest BCUT2D eigenvalue weighted by molar-refractivity contribution is 0.0929. The van der Waals surface area contributed by atoms with Crippen molar-refractivity contribution in [3.63, 3.8) is 0 Å². The zero-order valence-corrected chi connectivity index (χ0v) is 15.5. The third-order valence-corrected chi connectivity index (χ3v) is 5.14. The fourth-order valence-corrected chi connectivity index (χ4v) is 2.97. The van der Waals surface area contributed by atoms with Crippen molar-refractivity contribution in [1.82, 2.24) is 10.2 Å². The van der Waals surface area contributed by atoms with Crippen LogP contribution in [0.4, 0.5) is 0 Å². The molecular formula is C16H24BrClN2O. The van der Waals surface area contributed by atoms with Gasteiger partial charge < -0.3 is 10.2 Å². The number of nitrogens with one attached hydrogen (secondary N) is 1. The fourth-order valence-electron chi connectivity index (χ4n) is 2.54. The number of amides is 1. The number of hydrogen-bond donors (Lipinski definition) is 1. The second-order valence-electron chi connectivity index (χ2n) is 5.45. The average molecular weight is 376 g/mol. The molecule has 21 heavy (non-hydrogen) atoms. The predicted molar refractivity (Wildman–Crippen MR) is 93.0 cm³/mol. The molecule has 0 saturated carbocycles. The largest absolute Gasteiger partial charge is 0.350 e. The molecular weight excluding hydrogens is 352 g/mol. The van der Waals surface area contributed by atoms with Crippen LogP contribution in [0.5, 0.6) is 0 Å². The van der Waals surface area contributed by atoms with Crippen molar-refractivity contribution in [2.75, 3.05) is 20.6 Å². The second-order valence-corrected chi connectivity index (χ2v) is 6.71. The van der Waals surface area contributed by atoms with Gasteiger partial charge in [0, 0.05) is 22.6 Å². The Hall–Kier alpha value is -0.580. The molecule has 118 valence electrons. The Balaban J connectivity index is 2.71. The van der Waals surface area contributed by atoms with Gasteiger partial charge in [0.05, 0.1) is 5.02 Å². The van der Waals surface area contributed by atoms with Crippen LogP contribution < -0.4 is 5.32 Å². The Morgan fingerprint density at radius 2 is 1.95 bits per heavy atom. The van der Waals surface area contributed by atoms with Gasteiger partial charge in [0.25, 0.3) is 5.91 Å². The average Bonchev–Trinajstić information content (AvgIpc) is 2.45. The van der Waals surface area contributed by atoms with Crippen molar-refractivity contribution in [1.29, 1.82) is 0 Å². The van der Waals surface area contributed by atoms with Gasteiger partial charge in [0.2, 0.25) is 0 Å². The van der Waals surface area contributed by atoms with Gasteiger partial charge in [-0.25, -0.2) is 0 Å². The zero-order chi connectivity index (χ0) is 16.0. The van der Waals surface area contributed by atoms with Gasteiger partial charge in [-0.15, -0.1) is 0 Å². The number of carbonyl (C=O) groups excluding carboxylic acids is 1. The number of benzene rings is 1. The topological polar surface area (TPSA) is 32.3 Å². The first kappa shape index (κ1) is 18.5. The molecule has 1 amide bonds. The van der Waals surface area contributed by atoms with Crippen molar-refractivity contribution >= 4 is 33.4 Å². The Morgan fingerprint density at radius 1 is 1.33 bits per heavy atom. The smallest absolute Gasteiger partial charge is 0.251 e. The van der Waals surface area contributed by atoms with Crippen LogP contribution in [0, 0.1) is 5.92 Å². The molecule has 0 spiro atoms. The van der Waals surface area contributed by atoms with Crippen molar-refractivity contribution < 1.29 is 4.79 Å². The molecule has 0 fully saturated rings. The molecule has 0 aliphatic carbocycles. The highest BCUT2D eigenvalue weighted by Gasteiger charge is 2.21. The third-order valence-electron chi connectivity index (χ3n) is 3.91. The number of halogens is 2. The highest BCUT2D eigenvalue weighted by Crippen LogP contribution is 2.23. The molecule has 0 aliphatic rings. The summed E-state index contributed by atoms with van der Waals surface area (Å²) in [5.41, 5.74) is 0.588. The quantitative estimate of drug-likeness (QED) is 0.774. The van der Waals surface area contributed by atoms with E-state index in [1.54, 1.807) is 18.2 Å². The molecule has 0 radical (unpaired) electrons. The van der Waals surface area contributed by atoms with E-state index in [0.29, 0.717) is 29.1 Å². The van der Waals surface area contributed by atoms with Crippen LogP contribution in [0.3, 0.4) is 0 Å². The molecule has 5 heteroatoms. The number of likely N-dealkylation sites (N-methyl/N-ethyl adjacent to an activating group) is 1. The lowest BCUT2D eigenvalue weighted by atomic mass is 9.93.